The van der Waals surface area contributed by atoms with Crippen molar-refractivity contribution in [3.63, 3.8) is 0 Å². The largest absolute Gasteiger partial charge is 0.330 e. The second-order valence-corrected chi connectivity index (χ2v) is 4.82. The molecule has 1 saturated carbocycles. The number of H-pyrrole nitrogens is 1. The topological polar surface area (TPSA) is 54.9 Å². The highest BCUT2D eigenvalue weighted by Gasteiger charge is 2.39. The van der Waals surface area contributed by atoms with E-state index in [1.54, 1.807) is 6.92 Å². The number of nitrogens with zero attached hydrogens (tertiary/aromatic N) is 1. The molecule has 0 bridgehead atoms. The van der Waals surface area contributed by atoms with Gasteiger partial charge in [-0.15, -0.1) is 0 Å². The van der Waals surface area contributed by atoms with E-state index in [9.17, 15) is 9.59 Å². The molecule has 5 heteroatoms. The molecule has 0 amide bonds. The molecule has 16 heavy (non-hydrogen) atoms. The monoisotopic (exact) mass is 242 g/mol. The smallest absolute Gasteiger partial charge is 0.297 e. The van der Waals surface area contributed by atoms with Crippen molar-refractivity contribution in [2.24, 2.45) is 0 Å². The van der Waals surface area contributed by atoms with Gasteiger partial charge < -0.3 is 0 Å². The van der Waals surface area contributed by atoms with E-state index in [4.69, 9.17) is 11.6 Å². The zero-order valence-corrected chi connectivity index (χ0v) is 10.2. The van der Waals surface area contributed by atoms with E-state index in [2.05, 4.69) is 4.98 Å². The first-order valence-corrected chi connectivity index (χ1v) is 5.91. The maximum Gasteiger partial charge on any atom is 0.330 e. The van der Waals surface area contributed by atoms with Gasteiger partial charge in [0.15, 0.2) is 0 Å². The lowest BCUT2D eigenvalue weighted by Crippen LogP contribution is -2.53. The standard InChI is InChI=1S/C11H15ClN2O2/c1-3-11(5-4-6-11)14-9(15)7(2)8(12)13-10(14)16/h3-6H2,1-2H3,(H,13,16). The van der Waals surface area contributed by atoms with Crippen molar-refractivity contribution in [1.29, 1.82) is 0 Å². The number of rotatable bonds is 2. The lowest BCUT2D eigenvalue weighted by molar-refractivity contribution is 0.124. The number of nitrogens with one attached hydrogen (secondary N) is 1. The van der Waals surface area contributed by atoms with E-state index >= 15 is 0 Å². The van der Waals surface area contributed by atoms with Gasteiger partial charge in [-0.05, 0) is 32.6 Å². The summed E-state index contributed by atoms with van der Waals surface area (Å²) in [6, 6.07) is 0. The SMILES string of the molecule is CCC1(n2c(=O)[nH]c(Cl)c(C)c2=O)CCC1. The van der Waals surface area contributed by atoms with Crippen LogP contribution >= 0.6 is 11.6 Å². The fraction of sp³-hybridized carbons (Fsp3) is 0.636. The Labute approximate surface area is 98.3 Å². The van der Waals surface area contributed by atoms with Crippen molar-refractivity contribution in [2.75, 3.05) is 0 Å². The molecular weight excluding hydrogens is 228 g/mol. The summed E-state index contributed by atoms with van der Waals surface area (Å²) in [6.45, 7) is 3.65. The molecule has 1 aromatic rings. The number of hydrogen-bond acceptors (Lipinski definition) is 2. The summed E-state index contributed by atoms with van der Waals surface area (Å²) < 4.78 is 1.36. The van der Waals surface area contributed by atoms with Crippen LogP contribution in [0.5, 0.6) is 0 Å². The van der Waals surface area contributed by atoms with Crippen molar-refractivity contribution in [3.05, 3.63) is 31.6 Å². The van der Waals surface area contributed by atoms with E-state index < -0.39 is 0 Å². The van der Waals surface area contributed by atoms with Crippen LogP contribution in [0.2, 0.25) is 5.15 Å². The van der Waals surface area contributed by atoms with Crippen LogP contribution in [-0.4, -0.2) is 9.55 Å². The molecule has 0 radical (unpaired) electrons. The summed E-state index contributed by atoms with van der Waals surface area (Å²) in [6.07, 6.45) is 3.67. The van der Waals surface area contributed by atoms with E-state index in [1.165, 1.54) is 4.57 Å². The highest BCUT2D eigenvalue weighted by Crippen LogP contribution is 2.40. The minimum absolute atomic E-state index is 0.150. The second kappa shape index (κ2) is 3.77. The molecule has 0 spiro atoms. The Bertz CT molecular complexity index is 520. The third-order valence-corrected chi connectivity index (χ3v) is 4.07. The van der Waals surface area contributed by atoms with Crippen molar-refractivity contribution in [2.45, 2.75) is 45.1 Å². The van der Waals surface area contributed by atoms with Crippen molar-refractivity contribution in [1.82, 2.24) is 9.55 Å². The molecule has 0 unspecified atom stereocenters. The average molecular weight is 243 g/mol. The summed E-state index contributed by atoms with van der Waals surface area (Å²) >= 11 is 5.78. The van der Waals surface area contributed by atoms with E-state index in [-0.39, 0.29) is 21.9 Å². The molecule has 4 nitrogen and oxygen atoms in total. The molecule has 1 aromatic heterocycles. The molecule has 0 aromatic carbocycles. The summed E-state index contributed by atoms with van der Waals surface area (Å²) in [5, 5.41) is 0.150. The van der Waals surface area contributed by atoms with Crippen molar-refractivity contribution in [3.8, 4) is 0 Å². The van der Waals surface area contributed by atoms with Gasteiger partial charge in [0.2, 0.25) is 0 Å². The zero-order valence-electron chi connectivity index (χ0n) is 9.47. The number of aromatic nitrogens is 2. The van der Waals surface area contributed by atoms with Gasteiger partial charge in [0.05, 0.1) is 5.54 Å². The molecule has 1 aliphatic carbocycles. The predicted octanol–water partition coefficient (Wildman–Crippen LogP) is 1.79. The molecule has 1 N–H and O–H groups in total. The molecule has 0 saturated heterocycles. The molecule has 0 aliphatic heterocycles. The Balaban J connectivity index is 2.70. The minimum Gasteiger partial charge on any atom is -0.297 e. The Morgan fingerprint density at radius 2 is 2.06 bits per heavy atom. The lowest BCUT2D eigenvalue weighted by Gasteiger charge is -2.42. The van der Waals surface area contributed by atoms with Gasteiger partial charge in [-0.3, -0.25) is 14.3 Å². The van der Waals surface area contributed by atoms with Gasteiger partial charge in [-0.25, -0.2) is 4.79 Å². The van der Waals surface area contributed by atoms with Crippen LogP contribution in [0.25, 0.3) is 0 Å². The van der Waals surface area contributed by atoms with Crippen LogP contribution < -0.4 is 11.2 Å². The van der Waals surface area contributed by atoms with Crippen LogP contribution in [0.15, 0.2) is 9.59 Å². The average Bonchev–Trinajstić information content (AvgIpc) is 2.18. The van der Waals surface area contributed by atoms with Crippen LogP contribution in [0.3, 0.4) is 0 Å². The van der Waals surface area contributed by atoms with Crippen LogP contribution in [0, 0.1) is 6.92 Å². The predicted molar refractivity (Wildman–Crippen MR) is 63.2 cm³/mol. The first-order valence-electron chi connectivity index (χ1n) is 5.54. The Morgan fingerprint density at radius 1 is 1.44 bits per heavy atom. The van der Waals surface area contributed by atoms with E-state index in [0.717, 1.165) is 25.7 Å². The highest BCUT2D eigenvalue weighted by atomic mass is 35.5. The summed E-state index contributed by atoms with van der Waals surface area (Å²) in [5.41, 5.74) is -0.501. The summed E-state index contributed by atoms with van der Waals surface area (Å²) in [5.74, 6) is 0. The fourth-order valence-electron chi connectivity index (χ4n) is 2.35. The van der Waals surface area contributed by atoms with Gasteiger partial charge in [-0.1, -0.05) is 18.5 Å². The Hall–Kier alpha value is -1.03. The Kier molecular flexibility index (Phi) is 2.70. The molecule has 1 fully saturated rings. The van der Waals surface area contributed by atoms with Gasteiger partial charge in [0.25, 0.3) is 5.56 Å². The van der Waals surface area contributed by atoms with Crippen LogP contribution in [0.4, 0.5) is 0 Å². The van der Waals surface area contributed by atoms with Gasteiger partial charge in [0.1, 0.15) is 5.15 Å². The van der Waals surface area contributed by atoms with Crippen molar-refractivity contribution < 1.29 is 0 Å². The lowest BCUT2D eigenvalue weighted by atomic mass is 9.74. The van der Waals surface area contributed by atoms with Crippen LogP contribution in [-0.2, 0) is 5.54 Å². The minimum atomic E-state index is -0.387. The Morgan fingerprint density at radius 3 is 2.50 bits per heavy atom. The van der Waals surface area contributed by atoms with E-state index in [1.807, 2.05) is 6.92 Å². The molecule has 2 rings (SSSR count). The van der Waals surface area contributed by atoms with E-state index in [0.29, 0.717) is 5.56 Å². The highest BCUT2D eigenvalue weighted by molar-refractivity contribution is 6.30. The number of aromatic amines is 1. The van der Waals surface area contributed by atoms with Crippen LogP contribution in [0.1, 0.15) is 38.2 Å². The molecular formula is C11H15ClN2O2. The molecule has 0 atom stereocenters. The van der Waals surface area contributed by atoms with Gasteiger partial charge >= 0.3 is 5.69 Å². The molecule has 1 aliphatic rings. The van der Waals surface area contributed by atoms with Gasteiger partial charge in [0, 0.05) is 5.56 Å². The molecule has 88 valence electrons. The third-order valence-electron chi connectivity index (χ3n) is 3.69. The number of halogens is 1. The quantitative estimate of drug-likeness (QED) is 0.804. The van der Waals surface area contributed by atoms with Crippen molar-refractivity contribution >= 4 is 11.6 Å². The maximum atomic E-state index is 12.1. The summed E-state index contributed by atoms with van der Waals surface area (Å²) in [4.78, 5) is 26.4. The molecule has 1 heterocycles. The second-order valence-electron chi connectivity index (χ2n) is 4.44. The van der Waals surface area contributed by atoms with Gasteiger partial charge in [-0.2, -0.15) is 0 Å². The fourth-order valence-corrected chi connectivity index (χ4v) is 2.51. The third kappa shape index (κ3) is 1.44. The first kappa shape index (κ1) is 11.5. The number of hydrogen-bond donors (Lipinski definition) is 1. The zero-order chi connectivity index (χ0) is 11.9. The first-order chi connectivity index (χ1) is 7.52. The normalized spacial score (nSPS) is 18.2. The summed E-state index contributed by atoms with van der Waals surface area (Å²) in [7, 11) is 0. The maximum absolute atomic E-state index is 12.1.